The second-order valence-electron chi connectivity index (χ2n) is 7.55. The van der Waals surface area contributed by atoms with Crippen LogP contribution in [0.1, 0.15) is 17.0 Å². The molecule has 2 aromatic carbocycles. The van der Waals surface area contributed by atoms with Gasteiger partial charge < -0.3 is 9.88 Å². The Kier molecular flexibility index (Phi) is 6.37. The van der Waals surface area contributed by atoms with Crippen LogP contribution in [0.5, 0.6) is 0 Å². The van der Waals surface area contributed by atoms with Crippen molar-refractivity contribution in [1.82, 2.24) is 19.2 Å². The number of sulfonamides is 1. The molecule has 1 N–H and O–H groups in total. The number of nitrogens with zero attached hydrogens (tertiary/aromatic N) is 3. The highest BCUT2D eigenvalue weighted by Crippen LogP contribution is 2.33. The van der Waals surface area contributed by atoms with Crippen molar-refractivity contribution in [3.63, 3.8) is 0 Å². The van der Waals surface area contributed by atoms with E-state index in [0.29, 0.717) is 22.2 Å². The number of aromatic nitrogens is 2. The van der Waals surface area contributed by atoms with Gasteiger partial charge >= 0.3 is 0 Å². The maximum absolute atomic E-state index is 14.6. The van der Waals surface area contributed by atoms with Crippen LogP contribution in [-0.2, 0) is 23.6 Å². The summed E-state index contributed by atoms with van der Waals surface area (Å²) in [6.07, 6.45) is 2.90. The summed E-state index contributed by atoms with van der Waals surface area (Å²) in [5.41, 5.74) is 1.30. The predicted octanol–water partition coefficient (Wildman–Crippen LogP) is 3.81. The molecule has 31 heavy (non-hydrogen) atoms. The first kappa shape index (κ1) is 22.2. The first-order valence-corrected chi connectivity index (χ1v) is 11.8. The summed E-state index contributed by atoms with van der Waals surface area (Å²) in [7, 11) is -2.10. The summed E-state index contributed by atoms with van der Waals surface area (Å²) < 4.78 is 43.8. The monoisotopic (exact) mass is 482 g/mol. The highest BCUT2D eigenvalue weighted by Gasteiger charge is 2.41. The molecule has 0 saturated carbocycles. The molecule has 1 fully saturated rings. The van der Waals surface area contributed by atoms with Crippen molar-refractivity contribution in [3.05, 3.63) is 82.0 Å². The lowest BCUT2D eigenvalue weighted by Crippen LogP contribution is -2.36. The van der Waals surface area contributed by atoms with E-state index in [2.05, 4.69) is 10.3 Å². The molecule has 2 unspecified atom stereocenters. The Morgan fingerprint density at radius 3 is 2.65 bits per heavy atom. The lowest BCUT2D eigenvalue weighted by molar-refractivity contribution is 0.453. The Morgan fingerprint density at radius 1 is 1.19 bits per heavy atom. The molecule has 2 heterocycles. The zero-order chi connectivity index (χ0) is 22.2. The van der Waals surface area contributed by atoms with Gasteiger partial charge in [-0.2, -0.15) is 4.31 Å². The molecule has 0 aliphatic carbocycles. The first-order chi connectivity index (χ1) is 14.8. The molecule has 1 aliphatic heterocycles. The third-order valence-electron chi connectivity index (χ3n) is 5.45. The molecule has 10 heteroatoms. The quantitative estimate of drug-likeness (QED) is 0.579. The molecule has 2 atom stereocenters. The molecule has 4 rings (SSSR count). The first-order valence-electron chi connectivity index (χ1n) is 9.65. The summed E-state index contributed by atoms with van der Waals surface area (Å²) in [6, 6.07) is 11.3. The predicted molar refractivity (Wildman–Crippen MR) is 118 cm³/mol. The molecule has 0 amide bonds. The third kappa shape index (κ3) is 4.63. The van der Waals surface area contributed by atoms with Crippen LogP contribution in [0.4, 0.5) is 4.39 Å². The maximum Gasteiger partial charge on any atom is 0.262 e. The van der Waals surface area contributed by atoms with Crippen LogP contribution in [0.3, 0.4) is 0 Å². The van der Waals surface area contributed by atoms with E-state index in [-0.39, 0.29) is 35.9 Å². The second kappa shape index (κ2) is 8.88. The van der Waals surface area contributed by atoms with Crippen molar-refractivity contribution < 1.29 is 12.8 Å². The summed E-state index contributed by atoms with van der Waals surface area (Å²) in [4.78, 5) is 3.99. The molecule has 1 aliphatic rings. The van der Waals surface area contributed by atoms with Gasteiger partial charge in [-0.3, -0.25) is 0 Å². The van der Waals surface area contributed by atoms with Gasteiger partial charge in [0.15, 0.2) is 5.03 Å². The standard InChI is InChI=1S/C21H21Cl2FN4O2S/c1-27-12-21(26-13-27)31(29,30)28-10-17(16-4-2-3-5-19(16)24)20(11-28)25-9-14-6-7-15(22)8-18(14)23/h2-8,12-13,17,20,25H,9-11H2,1H3. The van der Waals surface area contributed by atoms with E-state index >= 15 is 0 Å². The van der Waals surface area contributed by atoms with Crippen LogP contribution in [0.25, 0.3) is 0 Å². The van der Waals surface area contributed by atoms with E-state index in [1.54, 1.807) is 41.9 Å². The van der Waals surface area contributed by atoms with Crippen LogP contribution in [0.2, 0.25) is 10.0 Å². The van der Waals surface area contributed by atoms with Crippen molar-refractivity contribution in [2.45, 2.75) is 23.5 Å². The molecular weight excluding hydrogens is 462 g/mol. The average molecular weight is 483 g/mol. The molecule has 164 valence electrons. The topological polar surface area (TPSA) is 67.2 Å². The van der Waals surface area contributed by atoms with E-state index in [0.717, 1.165) is 5.56 Å². The number of imidazole rings is 1. The number of nitrogens with one attached hydrogen (secondary N) is 1. The highest BCUT2D eigenvalue weighted by molar-refractivity contribution is 7.89. The number of hydrogen-bond donors (Lipinski definition) is 1. The number of benzene rings is 2. The van der Waals surface area contributed by atoms with Crippen LogP contribution in [-0.4, -0.2) is 41.4 Å². The molecule has 0 radical (unpaired) electrons. The van der Waals surface area contributed by atoms with E-state index in [1.807, 2.05) is 6.07 Å². The van der Waals surface area contributed by atoms with Gasteiger partial charge in [-0.05, 0) is 29.3 Å². The average Bonchev–Trinajstić information content (AvgIpc) is 3.35. The SMILES string of the molecule is Cn1cnc(S(=O)(=O)N2CC(NCc3ccc(Cl)cc3Cl)C(c3ccccc3F)C2)c1. The molecule has 0 bridgehead atoms. The van der Waals surface area contributed by atoms with E-state index < -0.39 is 10.0 Å². The van der Waals surface area contributed by atoms with Gasteiger partial charge in [-0.1, -0.05) is 47.5 Å². The Balaban J connectivity index is 1.61. The van der Waals surface area contributed by atoms with E-state index in [1.165, 1.54) is 22.9 Å². The number of rotatable bonds is 6. The fourth-order valence-electron chi connectivity index (χ4n) is 3.82. The van der Waals surface area contributed by atoms with Crippen LogP contribution >= 0.6 is 23.2 Å². The lowest BCUT2D eigenvalue weighted by Gasteiger charge is -2.21. The molecule has 1 saturated heterocycles. The normalized spacial score (nSPS) is 19.7. The van der Waals surface area contributed by atoms with Crippen LogP contribution in [0.15, 0.2) is 60.0 Å². The summed E-state index contributed by atoms with van der Waals surface area (Å²) in [5.74, 6) is -0.730. The van der Waals surface area contributed by atoms with E-state index in [4.69, 9.17) is 23.2 Å². The fourth-order valence-corrected chi connectivity index (χ4v) is 5.76. The molecule has 0 spiro atoms. The molecule has 6 nitrogen and oxygen atoms in total. The smallest absolute Gasteiger partial charge is 0.262 e. The van der Waals surface area contributed by atoms with Crippen molar-refractivity contribution in [2.24, 2.45) is 7.05 Å². The second-order valence-corrected chi connectivity index (χ2v) is 10.3. The van der Waals surface area contributed by atoms with Crippen LogP contribution in [0, 0.1) is 5.82 Å². The van der Waals surface area contributed by atoms with Crippen molar-refractivity contribution in [2.75, 3.05) is 13.1 Å². The van der Waals surface area contributed by atoms with Crippen molar-refractivity contribution in [3.8, 4) is 0 Å². The van der Waals surface area contributed by atoms with Crippen LogP contribution < -0.4 is 5.32 Å². The molecule has 3 aromatic rings. The zero-order valence-corrected chi connectivity index (χ0v) is 19.0. The minimum Gasteiger partial charge on any atom is -0.339 e. The Morgan fingerprint density at radius 2 is 1.97 bits per heavy atom. The molecule has 1 aromatic heterocycles. The maximum atomic E-state index is 14.6. The van der Waals surface area contributed by atoms with Gasteiger partial charge in [0, 0.05) is 54.9 Å². The number of halogens is 3. The summed E-state index contributed by atoms with van der Waals surface area (Å²) in [6.45, 7) is 0.720. The van der Waals surface area contributed by atoms with Gasteiger partial charge in [-0.25, -0.2) is 17.8 Å². The van der Waals surface area contributed by atoms with Gasteiger partial charge in [0.05, 0.1) is 6.33 Å². The highest BCUT2D eigenvalue weighted by atomic mass is 35.5. The fraction of sp³-hybridized carbons (Fsp3) is 0.286. The van der Waals surface area contributed by atoms with Gasteiger partial charge in [0.1, 0.15) is 5.82 Å². The Bertz CT molecular complexity index is 1200. The van der Waals surface area contributed by atoms with Crippen molar-refractivity contribution in [1.29, 1.82) is 0 Å². The number of hydrogen-bond acceptors (Lipinski definition) is 4. The Hall–Kier alpha value is -1.97. The largest absolute Gasteiger partial charge is 0.339 e. The minimum atomic E-state index is -3.81. The van der Waals surface area contributed by atoms with Gasteiger partial charge in [-0.15, -0.1) is 0 Å². The summed E-state index contributed by atoms with van der Waals surface area (Å²) >= 11 is 12.2. The van der Waals surface area contributed by atoms with Gasteiger partial charge in [0.2, 0.25) is 0 Å². The summed E-state index contributed by atoms with van der Waals surface area (Å²) in [5, 5.41) is 4.39. The number of aryl methyl sites for hydroxylation is 1. The Labute approximate surface area is 190 Å². The lowest BCUT2D eigenvalue weighted by atomic mass is 9.93. The minimum absolute atomic E-state index is 0.0244. The molecular formula is C21H21Cl2FN4O2S. The van der Waals surface area contributed by atoms with Gasteiger partial charge in [0.25, 0.3) is 10.0 Å². The van der Waals surface area contributed by atoms with E-state index in [9.17, 15) is 12.8 Å². The third-order valence-corrected chi connectivity index (χ3v) is 7.75. The zero-order valence-electron chi connectivity index (χ0n) is 16.7. The van der Waals surface area contributed by atoms with Crippen molar-refractivity contribution >= 4 is 33.2 Å².